The fourth-order valence-electron chi connectivity index (χ4n) is 4.79. The van der Waals surface area contributed by atoms with Crippen LogP contribution in [0.3, 0.4) is 0 Å². The van der Waals surface area contributed by atoms with Crippen LogP contribution in [0.5, 0.6) is 0 Å². The maximum atomic E-state index is 13.8. The summed E-state index contributed by atoms with van der Waals surface area (Å²) >= 11 is 0. The van der Waals surface area contributed by atoms with Crippen LogP contribution < -0.4 is 0 Å². The third-order valence-electron chi connectivity index (χ3n) is 9.93. The highest BCUT2D eigenvalue weighted by Gasteiger charge is 2.63. The van der Waals surface area contributed by atoms with Gasteiger partial charge in [-0.1, -0.05) is 86.7 Å². The Morgan fingerprint density at radius 3 is 1.83 bits per heavy atom. The first-order chi connectivity index (χ1) is 15.8. The number of carbonyl (C=O) groups excluding carboxylic acids is 2. The molecule has 1 fully saturated rings. The maximum absolute atomic E-state index is 13.8. The van der Waals surface area contributed by atoms with Crippen LogP contribution >= 0.6 is 0 Å². The molecule has 1 heterocycles. The Morgan fingerprint density at radius 2 is 1.37 bits per heavy atom. The van der Waals surface area contributed by atoms with Gasteiger partial charge in [0, 0.05) is 0 Å². The molecule has 1 aliphatic heterocycles. The molecule has 0 saturated carbocycles. The van der Waals surface area contributed by atoms with E-state index in [-0.39, 0.29) is 22.1 Å². The molecule has 1 aliphatic rings. The van der Waals surface area contributed by atoms with Gasteiger partial charge in [-0.2, -0.15) is 0 Å². The summed E-state index contributed by atoms with van der Waals surface area (Å²) in [6, 6.07) is 9.03. The molecule has 3 atom stereocenters. The first-order valence-electron chi connectivity index (χ1n) is 13.1. The fraction of sp³-hybridized carbons (Fsp3) is 0.714. The molecule has 0 aliphatic carbocycles. The Labute approximate surface area is 216 Å². The van der Waals surface area contributed by atoms with E-state index < -0.39 is 34.7 Å². The topological polar surface area (TPSA) is 55.8 Å². The van der Waals surface area contributed by atoms with E-state index in [9.17, 15) is 9.59 Å². The molecule has 7 heteroatoms. The molecule has 0 bridgehead atoms. The van der Waals surface area contributed by atoms with Gasteiger partial charge < -0.3 is 13.7 Å². The molecule has 1 aromatic rings. The van der Waals surface area contributed by atoms with Crippen molar-refractivity contribution >= 4 is 28.4 Å². The molecule has 5 nitrogen and oxygen atoms in total. The summed E-state index contributed by atoms with van der Waals surface area (Å²) < 4.78 is 14.8. The number of esters is 1. The van der Waals surface area contributed by atoms with Gasteiger partial charge in [0.1, 0.15) is 5.92 Å². The normalized spacial score (nSPS) is 20.8. The van der Waals surface area contributed by atoms with Gasteiger partial charge in [0.2, 0.25) is 5.91 Å². The van der Waals surface area contributed by atoms with Crippen LogP contribution in [0.25, 0.3) is 0 Å². The van der Waals surface area contributed by atoms with Gasteiger partial charge in [-0.05, 0) is 54.1 Å². The molecule has 1 saturated heterocycles. The Hall–Kier alpha value is -1.45. The minimum absolute atomic E-state index is 0.0254. The van der Waals surface area contributed by atoms with Crippen molar-refractivity contribution in [3.63, 3.8) is 0 Å². The fourth-order valence-corrected chi connectivity index (χ4v) is 11.1. The molecule has 1 amide bonds. The van der Waals surface area contributed by atoms with Gasteiger partial charge in [-0.3, -0.25) is 4.79 Å². The molecule has 3 unspecified atom stereocenters. The van der Waals surface area contributed by atoms with Gasteiger partial charge in [-0.25, -0.2) is 4.79 Å². The Balaban J connectivity index is 2.43. The van der Waals surface area contributed by atoms with Crippen molar-refractivity contribution in [1.82, 2.24) is 4.57 Å². The van der Waals surface area contributed by atoms with Crippen molar-refractivity contribution in [2.24, 2.45) is 17.8 Å². The van der Waals surface area contributed by atoms with Gasteiger partial charge in [0.05, 0.1) is 11.7 Å². The highest BCUT2D eigenvalue weighted by atomic mass is 28.4. The summed E-state index contributed by atoms with van der Waals surface area (Å²) in [7, 11) is -4.53. The first kappa shape index (κ1) is 29.8. The molecule has 0 radical (unpaired) electrons. The lowest BCUT2D eigenvalue weighted by atomic mass is 9.93. The van der Waals surface area contributed by atoms with E-state index in [4.69, 9.17) is 9.16 Å². The van der Waals surface area contributed by atoms with Gasteiger partial charge in [-0.15, -0.1) is 0 Å². The van der Waals surface area contributed by atoms with Crippen LogP contribution in [-0.4, -0.2) is 45.3 Å². The van der Waals surface area contributed by atoms with E-state index >= 15 is 0 Å². The van der Waals surface area contributed by atoms with E-state index in [0.717, 1.165) is 0 Å². The van der Waals surface area contributed by atoms with Gasteiger partial charge >= 0.3 is 5.97 Å². The zero-order valence-electron chi connectivity index (χ0n) is 24.4. The predicted octanol–water partition coefficient (Wildman–Crippen LogP) is 7.32. The van der Waals surface area contributed by atoms with Crippen LogP contribution in [0.4, 0.5) is 0 Å². The van der Waals surface area contributed by atoms with Crippen molar-refractivity contribution in [1.29, 1.82) is 0 Å². The first-order valence-corrected chi connectivity index (χ1v) is 18.9. The van der Waals surface area contributed by atoms with E-state index in [0.29, 0.717) is 17.4 Å². The number of nitrogens with zero attached hydrogens (tertiary/aromatic N) is 1. The number of rotatable bonds is 10. The van der Waals surface area contributed by atoms with Crippen LogP contribution in [0.15, 0.2) is 30.3 Å². The molecule has 0 N–H and O–H groups in total. The monoisotopic (exact) mass is 519 g/mol. The lowest BCUT2D eigenvalue weighted by Gasteiger charge is -2.60. The molecule has 198 valence electrons. The number of hydrogen-bond donors (Lipinski definition) is 0. The van der Waals surface area contributed by atoms with Crippen molar-refractivity contribution in [3.8, 4) is 0 Å². The van der Waals surface area contributed by atoms with Crippen LogP contribution in [0, 0.1) is 17.8 Å². The Kier molecular flexibility index (Phi) is 8.62. The number of hydrogen-bond acceptors (Lipinski definition) is 4. The summed E-state index contributed by atoms with van der Waals surface area (Å²) in [6.45, 7) is 28.7. The molecule has 1 aromatic carbocycles. The number of ether oxygens (including phenoxy) is 1. The summed E-state index contributed by atoms with van der Waals surface area (Å²) in [5.74, 6) is 0.00713. The Bertz CT molecular complexity index is 909. The number of β-lactam (4-membered cyclic amide) rings is 1. The average molecular weight is 520 g/mol. The largest absolute Gasteiger partial charge is 0.438 e. The SMILES string of the molecule is CC(O[Si](C)(C)C(C)(C)C(C)C)C1C(=O)N([Si](C)(C)C(C)(C)C(C)C)C1OC(=O)c1ccccc1. The summed E-state index contributed by atoms with van der Waals surface area (Å²) in [5.41, 5.74) is 0.498. The van der Waals surface area contributed by atoms with E-state index in [1.165, 1.54) is 0 Å². The molecular formula is C28H49NO4Si2. The average Bonchev–Trinajstić information content (AvgIpc) is 2.72. The highest BCUT2D eigenvalue weighted by molar-refractivity contribution is 6.80. The zero-order valence-corrected chi connectivity index (χ0v) is 26.4. The lowest BCUT2D eigenvalue weighted by molar-refractivity contribution is -0.178. The second-order valence-corrected chi connectivity index (χ2v) is 22.5. The van der Waals surface area contributed by atoms with Crippen molar-refractivity contribution in [2.75, 3.05) is 0 Å². The Morgan fingerprint density at radius 1 is 0.886 bits per heavy atom. The molecular weight excluding hydrogens is 470 g/mol. The molecule has 0 spiro atoms. The highest BCUT2D eigenvalue weighted by Crippen LogP contribution is 2.52. The number of carbonyl (C=O) groups is 2. The summed E-state index contributed by atoms with van der Waals surface area (Å²) in [5, 5.41) is -0.0413. The zero-order chi connectivity index (χ0) is 27.1. The minimum Gasteiger partial charge on any atom is -0.438 e. The number of benzene rings is 1. The van der Waals surface area contributed by atoms with Gasteiger partial charge in [0.25, 0.3) is 0 Å². The molecule has 35 heavy (non-hydrogen) atoms. The number of amides is 1. The lowest BCUT2D eigenvalue weighted by Crippen LogP contribution is -2.76. The molecule has 0 aromatic heterocycles. The quantitative estimate of drug-likeness (QED) is 0.185. The van der Waals surface area contributed by atoms with Crippen molar-refractivity contribution < 1.29 is 18.8 Å². The van der Waals surface area contributed by atoms with Crippen LogP contribution in [0.1, 0.15) is 72.7 Å². The van der Waals surface area contributed by atoms with E-state index in [1.54, 1.807) is 12.1 Å². The van der Waals surface area contributed by atoms with E-state index in [2.05, 4.69) is 81.6 Å². The maximum Gasteiger partial charge on any atom is 0.340 e. The summed E-state index contributed by atoms with van der Waals surface area (Å²) in [6.07, 6.45) is -0.948. The smallest absolute Gasteiger partial charge is 0.340 e. The standard InChI is InChI=1S/C28H49NO4Si2/c1-19(2)27(6,7)34(10,11)29-24(30)23(21(5)33-35(12,13)28(8,9)20(3)4)25(29)32-26(31)22-17-15-14-16-18-22/h14-21,23,25H,1-13H3. The van der Waals surface area contributed by atoms with Crippen LogP contribution in [0.2, 0.25) is 36.3 Å². The van der Waals surface area contributed by atoms with Crippen molar-refractivity contribution in [2.45, 2.75) is 111 Å². The molecule has 2 rings (SSSR count). The van der Waals surface area contributed by atoms with Gasteiger partial charge in [0.15, 0.2) is 22.8 Å². The minimum atomic E-state index is -2.34. The third kappa shape index (κ3) is 5.32. The predicted molar refractivity (Wildman–Crippen MR) is 149 cm³/mol. The third-order valence-corrected chi connectivity index (χ3v) is 20.0. The van der Waals surface area contributed by atoms with Crippen LogP contribution in [-0.2, 0) is 14.0 Å². The van der Waals surface area contributed by atoms with Crippen molar-refractivity contribution in [3.05, 3.63) is 35.9 Å². The second kappa shape index (κ2) is 10.1. The summed E-state index contributed by atoms with van der Waals surface area (Å²) in [4.78, 5) is 27.0. The van der Waals surface area contributed by atoms with E-state index in [1.807, 2.05) is 29.7 Å². The second-order valence-electron chi connectivity index (χ2n) is 13.0.